The molecule has 1 aromatic rings. The van der Waals surface area contributed by atoms with E-state index >= 15 is 0 Å². The van der Waals surface area contributed by atoms with Gasteiger partial charge in [0.05, 0.1) is 11.9 Å². The van der Waals surface area contributed by atoms with Gasteiger partial charge in [0, 0.05) is 18.8 Å². The number of aromatic nitrogens is 2. The summed E-state index contributed by atoms with van der Waals surface area (Å²) in [7, 11) is 0. The highest BCUT2D eigenvalue weighted by Gasteiger charge is 2.29. The van der Waals surface area contributed by atoms with E-state index in [1.54, 1.807) is 0 Å². The second kappa shape index (κ2) is 4.63. The maximum atomic E-state index is 4.60. The van der Waals surface area contributed by atoms with Crippen LogP contribution in [0.4, 0.5) is 5.82 Å². The Morgan fingerprint density at radius 3 is 2.76 bits per heavy atom. The van der Waals surface area contributed by atoms with Crippen molar-refractivity contribution in [1.82, 2.24) is 9.97 Å². The van der Waals surface area contributed by atoms with Gasteiger partial charge >= 0.3 is 0 Å². The SMILES string of the molecule is Cc1cncc(N2CCCC2CC(C)(C)C)n1. The number of hydrogen-bond donors (Lipinski definition) is 0. The maximum absolute atomic E-state index is 4.60. The van der Waals surface area contributed by atoms with Gasteiger partial charge in [0.25, 0.3) is 0 Å². The highest BCUT2D eigenvalue weighted by molar-refractivity contribution is 5.39. The summed E-state index contributed by atoms with van der Waals surface area (Å²) in [5, 5.41) is 0. The molecule has 0 aliphatic carbocycles. The van der Waals surface area contributed by atoms with Crippen molar-refractivity contribution in [1.29, 1.82) is 0 Å². The molecule has 1 atom stereocenters. The molecule has 3 nitrogen and oxygen atoms in total. The lowest BCUT2D eigenvalue weighted by molar-refractivity contribution is 0.338. The molecular formula is C14H23N3. The van der Waals surface area contributed by atoms with E-state index in [4.69, 9.17) is 0 Å². The van der Waals surface area contributed by atoms with Crippen LogP contribution >= 0.6 is 0 Å². The molecule has 0 N–H and O–H groups in total. The zero-order valence-corrected chi connectivity index (χ0v) is 11.4. The van der Waals surface area contributed by atoms with Crippen molar-refractivity contribution in [2.24, 2.45) is 5.41 Å². The third-order valence-electron chi connectivity index (χ3n) is 3.26. The Hall–Kier alpha value is -1.12. The summed E-state index contributed by atoms with van der Waals surface area (Å²) in [6, 6.07) is 0.631. The second-order valence-electron chi connectivity index (χ2n) is 6.27. The molecule has 17 heavy (non-hydrogen) atoms. The highest BCUT2D eigenvalue weighted by Crippen LogP contribution is 2.32. The van der Waals surface area contributed by atoms with Crippen molar-refractivity contribution in [3.05, 3.63) is 18.1 Å². The second-order valence-corrected chi connectivity index (χ2v) is 6.27. The van der Waals surface area contributed by atoms with Crippen LogP contribution in [-0.4, -0.2) is 22.6 Å². The highest BCUT2D eigenvalue weighted by atomic mass is 15.2. The van der Waals surface area contributed by atoms with Crippen LogP contribution in [-0.2, 0) is 0 Å². The van der Waals surface area contributed by atoms with Crippen molar-refractivity contribution >= 4 is 5.82 Å². The largest absolute Gasteiger partial charge is 0.352 e. The van der Waals surface area contributed by atoms with Gasteiger partial charge in [0.2, 0.25) is 0 Å². The summed E-state index contributed by atoms with van der Waals surface area (Å²) in [5.41, 5.74) is 1.38. The Kier molecular flexibility index (Phi) is 3.36. The van der Waals surface area contributed by atoms with E-state index in [2.05, 4.69) is 35.6 Å². The molecule has 1 unspecified atom stereocenters. The standard InChI is InChI=1S/C14H23N3/c1-11-9-15-10-13(16-11)17-7-5-6-12(17)8-14(2,3)4/h9-10,12H,5-8H2,1-4H3. The van der Waals surface area contributed by atoms with Crippen LogP contribution in [0.3, 0.4) is 0 Å². The first kappa shape index (κ1) is 12.3. The van der Waals surface area contributed by atoms with E-state index in [1.807, 2.05) is 19.3 Å². The van der Waals surface area contributed by atoms with Crippen LogP contribution in [0, 0.1) is 12.3 Å². The molecule has 1 fully saturated rings. The van der Waals surface area contributed by atoms with Crippen LogP contribution in [0.2, 0.25) is 0 Å². The van der Waals surface area contributed by atoms with Gasteiger partial charge in [-0.05, 0) is 31.6 Å². The van der Waals surface area contributed by atoms with Crippen molar-refractivity contribution in [3.8, 4) is 0 Å². The minimum atomic E-state index is 0.379. The Labute approximate surface area is 104 Å². The molecule has 0 amide bonds. The van der Waals surface area contributed by atoms with Crippen molar-refractivity contribution in [2.75, 3.05) is 11.4 Å². The Morgan fingerprint density at radius 1 is 1.35 bits per heavy atom. The van der Waals surface area contributed by atoms with Gasteiger partial charge in [-0.1, -0.05) is 20.8 Å². The Morgan fingerprint density at radius 2 is 2.12 bits per heavy atom. The predicted molar refractivity (Wildman–Crippen MR) is 71.2 cm³/mol. The monoisotopic (exact) mass is 233 g/mol. The lowest BCUT2D eigenvalue weighted by Crippen LogP contribution is -2.33. The van der Waals surface area contributed by atoms with E-state index in [-0.39, 0.29) is 0 Å². The van der Waals surface area contributed by atoms with Crippen LogP contribution in [0.1, 0.15) is 45.7 Å². The average molecular weight is 233 g/mol. The van der Waals surface area contributed by atoms with Crippen LogP contribution < -0.4 is 4.90 Å². The number of rotatable bonds is 2. The smallest absolute Gasteiger partial charge is 0.147 e. The maximum Gasteiger partial charge on any atom is 0.147 e. The molecule has 1 aromatic heterocycles. The van der Waals surface area contributed by atoms with Crippen molar-refractivity contribution in [3.63, 3.8) is 0 Å². The molecule has 0 spiro atoms. The fraction of sp³-hybridized carbons (Fsp3) is 0.714. The molecule has 0 bridgehead atoms. The molecular weight excluding hydrogens is 210 g/mol. The van der Waals surface area contributed by atoms with Gasteiger partial charge in [0.1, 0.15) is 5.82 Å². The first-order chi connectivity index (χ1) is 7.96. The summed E-state index contributed by atoms with van der Waals surface area (Å²) in [5.74, 6) is 1.05. The average Bonchev–Trinajstić information content (AvgIpc) is 2.63. The van der Waals surface area contributed by atoms with Crippen LogP contribution in [0.5, 0.6) is 0 Å². The fourth-order valence-corrected chi connectivity index (χ4v) is 2.65. The molecule has 2 heterocycles. The molecule has 0 aromatic carbocycles. The van der Waals surface area contributed by atoms with E-state index in [0.29, 0.717) is 11.5 Å². The van der Waals surface area contributed by atoms with Crippen LogP contribution in [0.25, 0.3) is 0 Å². The zero-order chi connectivity index (χ0) is 12.5. The third kappa shape index (κ3) is 3.18. The third-order valence-corrected chi connectivity index (χ3v) is 3.26. The number of nitrogens with zero attached hydrogens (tertiary/aromatic N) is 3. The normalized spacial score (nSPS) is 20.9. The first-order valence-corrected chi connectivity index (χ1v) is 6.51. The molecule has 1 aliphatic rings. The van der Waals surface area contributed by atoms with Crippen molar-refractivity contribution < 1.29 is 0 Å². The van der Waals surface area contributed by atoms with E-state index < -0.39 is 0 Å². The molecule has 3 heteroatoms. The van der Waals surface area contributed by atoms with Crippen molar-refractivity contribution in [2.45, 2.75) is 53.0 Å². The van der Waals surface area contributed by atoms with Gasteiger partial charge in [-0.3, -0.25) is 4.98 Å². The number of aryl methyl sites for hydroxylation is 1. The van der Waals surface area contributed by atoms with Gasteiger partial charge in [-0.2, -0.15) is 0 Å². The van der Waals surface area contributed by atoms with Gasteiger partial charge < -0.3 is 4.90 Å². The lowest BCUT2D eigenvalue weighted by atomic mass is 9.87. The Balaban J connectivity index is 2.14. The topological polar surface area (TPSA) is 29.0 Å². The fourth-order valence-electron chi connectivity index (χ4n) is 2.65. The Bertz CT molecular complexity index is 381. The van der Waals surface area contributed by atoms with Crippen LogP contribution in [0.15, 0.2) is 12.4 Å². The predicted octanol–water partition coefficient (Wildman–Crippen LogP) is 3.19. The van der Waals surface area contributed by atoms with Gasteiger partial charge in [0.15, 0.2) is 0 Å². The summed E-state index contributed by atoms with van der Waals surface area (Å²) in [6.45, 7) is 10.1. The first-order valence-electron chi connectivity index (χ1n) is 6.51. The van der Waals surface area contributed by atoms with E-state index in [0.717, 1.165) is 18.1 Å². The van der Waals surface area contributed by atoms with Gasteiger partial charge in [-0.25, -0.2) is 4.98 Å². The molecule has 0 radical (unpaired) electrons. The summed E-state index contributed by atoms with van der Waals surface area (Å²) < 4.78 is 0. The minimum Gasteiger partial charge on any atom is -0.352 e. The summed E-state index contributed by atoms with van der Waals surface area (Å²) in [4.78, 5) is 11.3. The van der Waals surface area contributed by atoms with E-state index in [9.17, 15) is 0 Å². The summed E-state index contributed by atoms with van der Waals surface area (Å²) >= 11 is 0. The van der Waals surface area contributed by atoms with E-state index in [1.165, 1.54) is 19.3 Å². The molecule has 94 valence electrons. The quantitative estimate of drug-likeness (QED) is 0.785. The number of anilines is 1. The number of hydrogen-bond acceptors (Lipinski definition) is 3. The zero-order valence-electron chi connectivity index (χ0n) is 11.4. The molecule has 2 rings (SSSR count). The minimum absolute atomic E-state index is 0.379. The van der Waals surface area contributed by atoms with Gasteiger partial charge in [-0.15, -0.1) is 0 Å². The lowest BCUT2D eigenvalue weighted by Gasteiger charge is -2.31. The molecule has 0 saturated carbocycles. The summed E-state index contributed by atoms with van der Waals surface area (Å²) in [6.07, 6.45) is 7.50. The molecule has 1 aliphatic heterocycles. The molecule has 1 saturated heterocycles.